The molecule has 388 valence electrons. The molecule has 0 aliphatic carbocycles. The van der Waals surface area contributed by atoms with Crippen LogP contribution in [0.25, 0.3) is 0 Å². The highest BCUT2D eigenvalue weighted by atomic mass is 19.4. The predicted molar refractivity (Wildman–Crippen MR) is 255 cm³/mol. The van der Waals surface area contributed by atoms with Crippen LogP contribution in [0.2, 0.25) is 0 Å². The van der Waals surface area contributed by atoms with Crippen LogP contribution in [0.5, 0.6) is 0 Å². The fraction of sp³-hybridized carbons (Fsp3) is 0.269. The van der Waals surface area contributed by atoms with E-state index in [0.29, 0.717) is 64.8 Å². The van der Waals surface area contributed by atoms with Gasteiger partial charge >= 0.3 is 36.4 Å². The summed E-state index contributed by atoms with van der Waals surface area (Å²) in [4.78, 5) is 80.3. The third kappa shape index (κ3) is 12.1. The Morgan fingerprint density at radius 1 is 0.627 bits per heavy atom. The molecular weight excluding hydrogens is 993 g/mol. The van der Waals surface area contributed by atoms with Crippen LogP contribution in [-0.4, -0.2) is 114 Å². The molecule has 2 atom stereocenters. The highest BCUT2D eigenvalue weighted by molar-refractivity contribution is 6.08. The number of quaternary nitrogens is 1. The number of amides is 6. The van der Waals surface area contributed by atoms with E-state index in [9.17, 15) is 65.6 Å². The Morgan fingerprint density at radius 2 is 0.987 bits per heavy atom. The number of nitrogens with zero attached hydrogens (tertiary/aromatic N) is 7. The van der Waals surface area contributed by atoms with Gasteiger partial charge in [-0.3, -0.25) is 19.4 Å². The van der Waals surface area contributed by atoms with Crippen LogP contribution >= 0.6 is 0 Å². The number of nitriles is 2. The number of halogens is 6. The molecule has 75 heavy (non-hydrogen) atoms. The highest BCUT2D eigenvalue weighted by Crippen LogP contribution is 2.42. The lowest BCUT2D eigenvalue weighted by Gasteiger charge is -2.34. The van der Waals surface area contributed by atoms with Crippen molar-refractivity contribution in [1.29, 1.82) is 10.5 Å². The van der Waals surface area contributed by atoms with Gasteiger partial charge in [0.05, 0.1) is 121 Å². The SMILES string of the molecule is C[N+](C)(CCCN1CC2=C(C1=O)[C@@H](c1ccc(C#N)cc1)NC(=O)N2c1cccc(C(F)(F)F)c1)CCCN1CC2=C(C1=O)[C@@H](c1ccc(C#N)cc1)NC(=O)N2c1cccc(C(F)(F)F)c1.O=C(O)/C=C/C(=O)O. The third-order valence-electron chi connectivity index (χ3n) is 12.8. The van der Waals surface area contributed by atoms with Gasteiger partial charge < -0.3 is 35.1 Å². The van der Waals surface area contributed by atoms with E-state index in [2.05, 4.69) is 10.6 Å². The molecule has 0 aromatic heterocycles. The first kappa shape index (κ1) is 53.8. The Bertz CT molecular complexity index is 2920. The number of carbonyl (C=O) groups is 6. The zero-order chi connectivity index (χ0) is 54.6. The van der Waals surface area contributed by atoms with Crippen LogP contribution in [0.4, 0.5) is 47.3 Å². The Hall–Kier alpha value is -8.96. The minimum Gasteiger partial charge on any atom is -0.478 e. The molecule has 4 aliphatic rings. The Balaban J connectivity index is 0.000000947. The highest BCUT2D eigenvalue weighted by Gasteiger charge is 2.47. The minimum atomic E-state index is -4.68. The number of alkyl halides is 6. The van der Waals surface area contributed by atoms with Crippen LogP contribution in [0.15, 0.2) is 132 Å². The van der Waals surface area contributed by atoms with Crippen molar-refractivity contribution in [2.45, 2.75) is 37.3 Å². The molecule has 0 saturated heterocycles. The van der Waals surface area contributed by atoms with Gasteiger partial charge in [-0.05, 0) is 71.8 Å². The summed E-state index contributed by atoms with van der Waals surface area (Å²) < 4.78 is 83.1. The van der Waals surface area contributed by atoms with E-state index in [0.717, 1.165) is 34.1 Å². The van der Waals surface area contributed by atoms with Crippen molar-refractivity contribution >= 4 is 47.2 Å². The van der Waals surface area contributed by atoms with Crippen molar-refractivity contribution < 1.29 is 69.8 Å². The first-order chi connectivity index (χ1) is 35.4. The van der Waals surface area contributed by atoms with Gasteiger partial charge in [-0.25, -0.2) is 19.2 Å². The molecule has 4 aliphatic heterocycles. The molecule has 0 bridgehead atoms. The van der Waals surface area contributed by atoms with Crippen LogP contribution in [0, 0.1) is 22.7 Å². The van der Waals surface area contributed by atoms with Crippen LogP contribution in [0.1, 0.15) is 58.3 Å². The Labute approximate surface area is 424 Å². The second-order valence-corrected chi connectivity index (χ2v) is 18.3. The average Bonchev–Trinajstić information content (AvgIpc) is 3.86. The lowest BCUT2D eigenvalue weighted by molar-refractivity contribution is -0.890. The van der Waals surface area contributed by atoms with Crippen molar-refractivity contribution in [1.82, 2.24) is 20.4 Å². The molecule has 4 aromatic carbocycles. The Kier molecular flexibility index (Phi) is 15.5. The standard InChI is InChI=1S/C48H41F6N9O4.C4H4O4/c1-63(2,21-5-19-59-27-37-39(43(59)64)41(31-15-11-29(25-55)12-16-31)57-45(66)61(37)35-9-3-7-33(23-35)47(49,50)51)22-6-20-60-28-38-40(44(60)65)42(32-17-13-30(26-56)14-18-32)58-46(67)62(38)36-10-4-8-34(24-36)48(52,53)54;5-3(6)1-2-4(7)8/h3-4,7-18,23-24,41-42H,5-6,19-22,27-28H2,1-2H3,(H-,57,58,66,67);1-2H,(H,5,6)(H,7,8)/p+1/b;2-1+/t41-,42-;/m1./s1. The third-order valence-corrected chi connectivity index (χ3v) is 12.8. The number of carboxylic acid groups (broad SMARTS) is 2. The van der Waals surface area contributed by atoms with E-state index in [1.54, 1.807) is 58.3 Å². The average molecular weight is 1040 g/mol. The monoisotopic (exact) mass is 1040 g/mol. The normalized spacial score (nSPS) is 17.8. The predicted octanol–water partition coefficient (Wildman–Crippen LogP) is 7.47. The van der Waals surface area contributed by atoms with Gasteiger partial charge in [0.15, 0.2) is 0 Å². The number of anilines is 2. The van der Waals surface area contributed by atoms with E-state index >= 15 is 0 Å². The first-order valence-electron chi connectivity index (χ1n) is 23.0. The molecule has 8 rings (SSSR count). The van der Waals surface area contributed by atoms with Crippen molar-refractivity contribution in [3.63, 3.8) is 0 Å². The quantitative estimate of drug-likeness (QED) is 0.0553. The van der Waals surface area contributed by atoms with Crippen molar-refractivity contribution in [3.05, 3.63) is 165 Å². The maximum Gasteiger partial charge on any atom is 0.416 e. The van der Waals surface area contributed by atoms with E-state index in [4.69, 9.17) is 10.2 Å². The van der Waals surface area contributed by atoms with Crippen LogP contribution in [0.3, 0.4) is 0 Å². The number of carbonyl (C=O) groups excluding carboxylic acids is 4. The number of urea groups is 2. The van der Waals surface area contributed by atoms with Gasteiger partial charge in [-0.1, -0.05) is 36.4 Å². The van der Waals surface area contributed by atoms with Crippen molar-refractivity contribution in [2.75, 3.05) is 63.2 Å². The molecule has 0 saturated carbocycles. The molecule has 0 radical (unpaired) electrons. The fourth-order valence-corrected chi connectivity index (χ4v) is 9.17. The molecule has 0 spiro atoms. The lowest BCUT2D eigenvalue weighted by Crippen LogP contribution is -2.47. The lowest BCUT2D eigenvalue weighted by atomic mass is 9.94. The zero-order valence-corrected chi connectivity index (χ0v) is 39.9. The summed E-state index contributed by atoms with van der Waals surface area (Å²) in [5.74, 6) is -3.32. The van der Waals surface area contributed by atoms with E-state index in [1.165, 1.54) is 24.3 Å². The second-order valence-electron chi connectivity index (χ2n) is 18.3. The number of aliphatic carboxylic acids is 2. The molecular formula is C52H46F6N9O8+. The summed E-state index contributed by atoms with van der Waals surface area (Å²) in [5, 5.41) is 39.9. The summed E-state index contributed by atoms with van der Waals surface area (Å²) in [7, 11) is 3.95. The van der Waals surface area contributed by atoms with Gasteiger partial charge in [0.1, 0.15) is 0 Å². The fourth-order valence-electron chi connectivity index (χ4n) is 9.17. The largest absolute Gasteiger partial charge is 0.478 e. The number of benzene rings is 4. The van der Waals surface area contributed by atoms with Crippen molar-refractivity contribution in [2.24, 2.45) is 0 Å². The number of hydrogen-bond acceptors (Lipinski definition) is 8. The summed E-state index contributed by atoms with van der Waals surface area (Å²) >= 11 is 0. The molecule has 4 aromatic rings. The van der Waals surface area contributed by atoms with Gasteiger partial charge in [-0.2, -0.15) is 36.9 Å². The maximum atomic E-state index is 14.2. The maximum absolute atomic E-state index is 14.2. The summed E-state index contributed by atoms with van der Waals surface area (Å²) in [6, 6.07) is 22.0. The smallest absolute Gasteiger partial charge is 0.416 e. The minimum absolute atomic E-state index is 0.0505. The van der Waals surface area contributed by atoms with Gasteiger partial charge in [0.2, 0.25) is 0 Å². The molecule has 17 nitrogen and oxygen atoms in total. The molecule has 6 amide bonds. The van der Waals surface area contributed by atoms with Gasteiger partial charge in [-0.15, -0.1) is 0 Å². The molecule has 0 unspecified atom stereocenters. The summed E-state index contributed by atoms with van der Waals surface area (Å²) in [6.07, 6.45) is -7.28. The molecule has 4 N–H and O–H groups in total. The van der Waals surface area contributed by atoms with E-state index in [1.807, 2.05) is 26.2 Å². The van der Waals surface area contributed by atoms with E-state index in [-0.39, 0.29) is 60.1 Å². The van der Waals surface area contributed by atoms with Gasteiger partial charge in [0, 0.05) is 38.1 Å². The number of nitrogens with one attached hydrogen (secondary N) is 2. The second kappa shape index (κ2) is 21.6. The summed E-state index contributed by atoms with van der Waals surface area (Å²) in [6.45, 7) is 1.47. The van der Waals surface area contributed by atoms with Crippen LogP contribution < -0.4 is 20.4 Å². The van der Waals surface area contributed by atoms with Crippen LogP contribution in [-0.2, 0) is 31.5 Å². The topological polar surface area (TPSA) is 227 Å². The number of carboxylic acids is 2. The number of hydrogen-bond donors (Lipinski definition) is 4. The molecule has 0 fully saturated rings. The number of rotatable bonds is 14. The Morgan fingerprint density at radius 3 is 1.31 bits per heavy atom. The zero-order valence-electron chi connectivity index (χ0n) is 39.9. The van der Waals surface area contributed by atoms with E-state index < -0.39 is 71.4 Å². The first-order valence-corrected chi connectivity index (χ1v) is 23.0. The molecule has 4 heterocycles. The van der Waals surface area contributed by atoms with Gasteiger partial charge in [0.25, 0.3) is 11.8 Å². The van der Waals surface area contributed by atoms with Crippen molar-refractivity contribution in [3.8, 4) is 12.1 Å². The molecule has 23 heteroatoms. The summed E-state index contributed by atoms with van der Waals surface area (Å²) in [5.41, 5.74) is 0.587.